The van der Waals surface area contributed by atoms with Gasteiger partial charge in [0.05, 0.1) is 6.20 Å². The first-order chi connectivity index (χ1) is 8.44. The number of nitrogens with one attached hydrogen (secondary N) is 1. The minimum absolute atomic E-state index is 0.0972. The third-order valence-corrected chi connectivity index (χ3v) is 3.32. The molecule has 0 saturated carbocycles. The number of nitrogens with zero attached hydrogens (tertiary/aromatic N) is 3. The molecule has 18 heavy (non-hydrogen) atoms. The summed E-state index contributed by atoms with van der Waals surface area (Å²) in [6, 6.07) is 0. The van der Waals surface area contributed by atoms with Crippen LogP contribution in [0, 0.1) is 0 Å². The number of aryl methyl sites for hydroxylation is 1. The maximum Gasteiger partial charge on any atom is 0.325 e. The number of hydrogen-bond donors (Lipinski definition) is 4. The molecule has 2 aromatic heterocycles. The Labute approximate surface area is 103 Å². The number of hydrogen-bond acceptors (Lipinski definition) is 5. The monoisotopic (exact) mass is 271 g/mol. The molecule has 98 valence electrons. The number of aromatic nitrogens is 4. The van der Waals surface area contributed by atoms with Crippen LogP contribution in [0.2, 0.25) is 0 Å². The van der Waals surface area contributed by atoms with Crippen LogP contribution in [-0.2, 0) is 11.0 Å². The van der Waals surface area contributed by atoms with Crippen LogP contribution in [0.3, 0.4) is 0 Å². The molecule has 0 amide bonds. The van der Waals surface area contributed by atoms with Gasteiger partial charge in [0, 0.05) is 12.6 Å². The number of anilines is 1. The quantitative estimate of drug-likeness (QED) is 0.457. The van der Waals surface area contributed by atoms with Gasteiger partial charge in [-0.1, -0.05) is 0 Å². The summed E-state index contributed by atoms with van der Waals surface area (Å²) < 4.78 is 10.7. The molecule has 0 saturated heterocycles. The molecule has 0 unspecified atom stereocenters. The minimum Gasteiger partial charge on any atom is -0.368 e. The molecule has 2 aromatic rings. The molecule has 0 atom stereocenters. The van der Waals surface area contributed by atoms with Crippen molar-refractivity contribution in [3.63, 3.8) is 0 Å². The molecule has 0 bridgehead atoms. The van der Waals surface area contributed by atoms with E-state index in [1.54, 1.807) is 6.20 Å². The van der Waals surface area contributed by atoms with Gasteiger partial charge in [0.2, 0.25) is 5.95 Å². The molecule has 9 heteroatoms. The molecular weight excluding hydrogens is 257 g/mol. The molecule has 2 heterocycles. The van der Waals surface area contributed by atoms with E-state index < -0.39 is 7.60 Å². The van der Waals surface area contributed by atoms with Crippen molar-refractivity contribution < 1.29 is 14.4 Å². The predicted molar refractivity (Wildman–Crippen MR) is 65.9 cm³/mol. The molecule has 0 aliphatic carbocycles. The maximum absolute atomic E-state index is 10.7. The Balaban J connectivity index is 1.94. The normalized spacial score (nSPS) is 12.1. The number of fused-ring (bicyclic) bond motifs is 1. The van der Waals surface area contributed by atoms with Crippen molar-refractivity contribution in [2.24, 2.45) is 0 Å². The number of unbranched alkanes of at least 4 members (excludes halogenated alkanes) is 1. The number of H-pyrrole nitrogens is 1. The van der Waals surface area contributed by atoms with Crippen molar-refractivity contribution in [1.29, 1.82) is 0 Å². The topological polar surface area (TPSA) is 138 Å². The van der Waals surface area contributed by atoms with Crippen LogP contribution in [0.15, 0.2) is 6.20 Å². The Kier molecular flexibility index (Phi) is 3.60. The standard InChI is InChI=1S/C9H14N5O3P/c10-9-11-5-6-8(14-9)13-7(12-6)3-1-2-4-18(15,16)17/h5H,1-4H2,(H2,15,16,17)(H3,10,11,12,13,14). The molecular formula is C9H14N5O3P. The summed E-state index contributed by atoms with van der Waals surface area (Å²) in [5, 5.41) is 0. The Morgan fingerprint density at radius 3 is 2.83 bits per heavy atom. The van der Waals surface area contributed by atoms with Gasteiger partial charge in [-0.3, -0.25) is 4.57 Å². The van der Waals surface area contributed by atoms with Crippen molar-refractivity contribution in [1.82, 2.24) is 19.9 Å². The highest BCUT2D eigenvalue weighted by Gasteiger charge is 2.12. The maximum atomic E-state index is 10.7. The predicted octanol–water partition coefficient (Wildman–Crippen LogP) is 0.435. The Morgan fingerprint density at radius 2 is 2.11 bits per heavy atom. The average Bonchev–Trinajstić information content (AvgIpc) is 2.65. The first kappa shape index (κ1) is 12.9. The van der Waals surface area contributed by atoms with Gasteiger partial charge in [0.1, 0.15) is 11.3 Å². The van der Waals surface area contributed by atoms with Crippen LogP contribution in [0.5, 0.6) is 0 Å². The third-order valence-electron chi connectivity index (χ3n) is 2.42. The van der Waals surface area contributed by atoms with Crippen LogP contribution in [0.4, 0.5) is 5.95 Å². The zero-order chi connectivity index (χ0) is 13.2. The third kappa shape index (κ3) is 3.49. The second-order valence-electron chi connectivity index (χ2n) is 3.99. The van der Waals surface area contributed by atoms with Gasteiger partial charge in [0.25, 0.3) is 0 Å². The lowest BCUT2D eigenvalue weighted by Gasteiger charge is -2.01. The van der Waals surface area contributed by atoms with Crippen LogP contribution in [0.25, 0.3) is 11.2 Å². The number of nitrogens with two attached hydrogens (primary N) is 1. The molecule has 0 aliphatic rings. The van der Waals surface area contributed by atoms with E-state index in [4.69, 9.17) is 15.5 Å². The lowest BCUT2D eigenvalue weighted by molar-refractivity contribution is 0.371. The molecule has 0 fully saturated rings. The van der Waals surface area contributed by atoms with E-state index in [1.165, 1.54) is 0 Å². The Morgan fingerprint density at radius 1 is 1.33 bits per heavy atom. The zero-order valence-electron chi connectivity index (χ0n) is 9.57. The van der Waals surface area contributed by atoms with Crippen molar-refractivity contribution in [3.8, 4) is 0 Å². The van der Waals surface area contributed by atoms with E-state index >= 15 is 0 Å². The fourth-order valence-electron chi connectivity index (χ4n) is 1.60. The van der Waals surface area contributed by atoms with Crippen molar-refractivity contribution in [2.45, 2.75) is 19.3 Å². The van der Waals surface area contributed by atoms with Gasteiger partial charge < -0.3 is 20.5 Å². The van der Waals surface area contributed by atoms with Crippen LogP contribution < -0.4 is 5.73 Å². The summed E-state index contributed by atoms with van der Waals surface area (Å²) in [7, 11) is -3.89. The summed E-state index contributed by atoms with van der Waals surface area (Å²) in [5.74, 6) is 0.887. The molecule has 0 spiro atoms. The van der Waals surface area contributed by atoms with E-state index in [2.05, 4.69) is 19.9 Å². The highest BCUT2D eigenvalue weighted by molar-refractivity contribution is 7.51. The molecule has 0 aromatic carbocycles. The van der Waals surface area contributed by atoms with Gasteiger partial charge in [0.15, 0.2) is 5.65 Å². The zero-order valence-corrected chi connectivity index (χ0v) is 10.5. The molecule has 0 radical (unpaired) electrons. The fraction of sp³-hybridized carbons (Fsp3) is 0.444. The van der Waals surface area contributed by atoms with Crippen molar-refractivity contribution in [2.75, 3.05) is 11.9 Å². The first-order valence-corrected chi connectivity index (χ1v) is 7.25. The highest BCUT2D eigenvalue weighted by atomic mass is 31.2. The highest BCUT2D eigenvalue weighted by Crippen LogP contribution is 2.35. The van der Waals surface area contributed by atoms with E-state index in [0.717, 1.165) is 5.82 Å². The van der Waals surface area contributed by atoms with E-state index in [1.807, 2.05) is 0 Å². The van der Waals surface area contributed by atoms with E-state index in [9.17, 15) is 4.57 Å². The largest absolute Gasteiger partial charge is 0.368 e. The Hall–Kier alpha value is -1.50. The molecule has 0 aliphatic heterocycles. The van der Waals surface area contributed by atoms with Gasteiger partial charge in [-0.2, -0.15) is 4.98 Å². The first-order valence-electron chi connectivity index (χ1n) is 5.46. The lowest BCUT2D eigenvalue weighted by atomic mass is 10.2. The summed E-state index contributed by atoms with van der Waals surface area (Å²) in [4.78, 5) is 32.5. The lowest BCUT2D eigenvalue weighted by Crippen LogP contribution is -1.93. The van der Waals surface area contributed by atoms with Crippen LogP contribution >= 0.6 is 7.60 Å². The summed E-state index contributed by atoms with van der Waals surface area (Å²) in [6.07, 6.45) is 3.17. The summed E-state index contributed by atoms with van der Waals surface area (Å²) >= 11 is 0. The van der Waals surface area contributed by atoms with Gasteiger partial charge >= 0.3 is 7.60 Å². The van der Waals surface area contributed by atoms with Crippen molar-refractivity contribution >= 4 is 24.7 Å². The van der Waals surface area contributed by atoms with E-state index in [-0.39, 0.29) is 12.1 Å². The molecule has 5 N–H and O–H groups in total. The average molecular weight is 271 g/mol. The second kappa shape index (κ2) is 5.01. The smallest absolute Gasteiger partial charge is 0.325 e. The molecule has 2 rings (SSSR count). The van der Waals surface area contributed by atoms with Gasteiger partial charge in [-0.05, 0) is 12.8 Å². The number of rotatable bonds is 5. The summed E-state index contributed by atoms with van der Waals surface area (Å²) in [6.45, 7) is 0. The Bertz CT molecular complexity index is 593. The fourth-order valence-corrected chi connectivity index (χ4v) is 2.23. The number of nitrogen functional groups attached to an aromatic ring is 1. The molecule has 8 nitrogen and oxygen atoms in total. The second-order valence-corrected chi connectivity index (χ2v) is 5.77. The van der Waals surface area contributed by atoms with Crippen LogP contribution in [0.1, 0.15) is 18.7 Å². The van der Waals surface area contributed by atoms with Gasteiger partial charge in [-0.25, -0.2) is 9.97 Å². The number of aromatic amines is 1. The summed E-state index contributed by atoms with van der Waals surface area (Å²) in [5.41, 5.74) is 6.65. The SMILES string of the molecule is Nc1ncc2[nH]c(CCCCP(=O)(O)O)nc2n1. The van der Waals surface area contributed by atoms with E-state index in [0.29, 0.717) is 30.4 Å². The number of imidazole rings is 1. The minimum atomic E-state index is -3.89. The van der Waals surface area contributed by atoms with Crippen LogP contribution in [-0.4, -0.2) is 35.9 Å². The van der Waals surface area contributed by atoms with Crippen molar-refractivity contribution in [3.05, 3.63) is 12.0 Å². The van der Waals surface area contributed by atoms with Gasteiger partial charge in [-0.15, -0.1) is 0 Å².